The Bertz CT molecular complexity index is 602. The van der Waals surface area contributed by atoms with E-state index in [1.54, 1.807) is 6.07 Å². The smallest absolute Gasteiger partial charge is 0.121 e. The van der Waals surface area contributed by atoms with Crippen molar-refractivity contribution in [3.8, 4) is 5.75 Å². The summed E-state index contributed by atoms with van der Waals surface area (Å²) in [4.78, 5) is 2.11. The van der Waals surface area contributed by atoms with Crippen LogP contribution < -0.4 is 5.32 Å². The van der Waals surface area contributed by atoms with Crippen LogP contribution in [-0.4, -0.2) is 42.9 Å². The first-order valence-corrected chi connectivity index (χ1v) is 7.02. The summed E-state index contributed by atoms with van der Waals surface area (Å²) in [5.41, 5.74) is 0.715. The topological polar surface area (TPSA) is 35.5 Å². The number of rotatable bonds is 3. The number of piperazine rings is 1. The predicted molar refractivity (Wildman–Crippen MR) is 86.0 cm³/mol. The van der Waals surface area contributed by atoms with Gasteiger partial charge in [-0.15, -0.1) is 12.4 Å². The van der Waals surface area contributed by atoms with E-state index in [1.807, 2.05) is 30.3 Å². The van der Waals surface area contributed by atoms with Crippen LogP contribution in [0.3, 0.4) is 0 Å². The summed E-state index contributed by atoms with van der Waals surface area (Å²) in [7, 11) is 0. The second-order valence-electron chi connectivity index (χ2n) is 5.18. The fraction of sp³-hybridized carbons (Fsp3) is 0.375. The Balaban J connectivity index is 0.00000161. The first kappa shape index (κ1) is 16.0. The Labute approximate surface area is 130 Å². The van der Waals surface area contributed by atoms with E-state index in [9.17, 15) is 9.50 Å². The third-order valence-electron chi connectivity index (χ3n) is 4.02. The lowest BCUT2D eigenvalue weighted by atomic mass is 9.96. The van der Waals surface area contributed by atoms with Gasteiger partial charge in [0.25, 0.3) is 0 Å². The first-order chi connectivity index (χ1) is 9.81. The lowest BCUT2D eigenvalue weighted by Crippen LogP contribution is -2.45. The zero-order valence-electron chi connectivity index (χ0n) is 11.8. The van der Waals surface area contributed by atoms with Crippen molar-refractivity contribution >= 4 is 23.2 Å². The molecule has 5 heteroatoms. The van der Waals surface area contributed by atoms with Crippen LogP contribution in [0.1, 0.15) is 11.6 Å². The van der Waals surface area contributed by atoms with Crippen molar-refractivity contribution in [1.82, 2.24) is 10.2 Å². The average molecular weight is 311 g/mol. The van der Waals surface area contributed by atoms with Crippen molar-refractivity contribution in [3.05, 3.63) is 42.0 Å². The van der Waals surface area contributed by atoms with E-state index in [0.29, 0.717) is 5.56 Å². The zero-order valence-corrected chi connectivity index (χ0v) is 12.6. The number of alkyl halides is 1. The van der Waals surface area contributed by atoms with Crippen molar-refractivity contribution in [3.63, 3.8) is 0 Å². The van der Waals surface area contributed by atoms with Crippen LogP contribution in [0.15, 0.2) is 36.4 Å². The van der Waals surface area contributed by atoms with E-state index in [1.165, 1.54) is 0 Å². The molecule has 0 saturated carbocycles. The minimum atomic E-state index is -0.485. The lowest BCUT2D eigenvalue weighted by molar-refractivity contribution is 0.146. The minimum Gasteiger partial charge on any atom is -0.508 e. The summed E-state index contributed by atoms with van der Waals surface area (Å²) >= 11 is 0. The Kier molecular flexibility index (Phi) is 5.39. The lowest BCUT2D eigenvalue weighted by Gasteiger charge is -2.34. The highest BCUT2D eigenvalue weighted by atomic mass is 35.5. The van der Waals surface area contributed by atoms with Crippen LogP contribution >= 0.6 is 12.4 Å². The molecule has 0 spiro atoms. The largest absolute Gasteiger partial charge is 0.508 e. The number of phenolic OH excluding ortho intramolecular Hbond substituents is 1. The molecule has 1 fully saturated rings. The summed E-state index contributed by atoms with van der Waals surface area (Å²) < 4.78 is 13.7. The first-order valence-electron chi connectivity index (χ1n) is 7.02. The average Bonchev–Trinajstić information content (AvgIpc) is 2.51. The van der Waals surface area contributed by atoms with E-state index in [4.69, 9.17) is 0 Å². The van der Waals surface area contributed by atoms with Gasteiger partial charge in [0.15, 0.2) is 0 Å². The van der Waals surface area contributed by atoms with Crippen molar-refractivity contribution in [2.45, 2.75) is 6.04 Å². The molecule has 1 atom stereocenters. The minimum absolute atomic E-state index is 0. The molecule has 0 bridgehead atoms. The second kappa shape index (κ2) is 7.07. The molecule has 0 amide bonds. The van der Waals surface area contributed by atoms with Crippen molar-refractivity contribution in [2.75, 3.05) is 32.9 Å². The second-order valence-corrected chi connectivity index (χ2v) is 5.18. The molecule has 0 unspecified atom stereocenters. The standard InChI is InChI=1S/C16H19FN2O.ClH/c17-11-14(19-9-7-18-8-10-19)16-13-4-2-1-3-12(13)5-6-15(16)20;/h1-6,14,18,20H,7-11H2;1H/t14-;/m1./s1. The molecular formula is C16H20ClFN2O. The van der Waals surface area contributed by atoms with Gasteiger partial charge < -0.3 is 10.4 Å². The molecule has 114 valence electrons. The summed E-state index contributed by atoms with van der Waals surface area (Å²) in [6, 6.07) is 11.0. The number of halogens is 2. The monoisotopic (exact) mass is 310 g/mol. The quantitative estimate of drug-likeness (QED) is 0.915. The van der Waals surface area contributed by atoms with Gasteiger partial charge in [-0.2, -0.15) is 0 Å². The van der Waals surface area contributed by atoms with Crippen molar-refractivity contribution < 1.29 is 9.50 Å². The maximum absolute atomic E-state index is 13.7. The number of nitrogens with zero attached hydrogens (tertiary/aromatic N) is 1. The third-order valence-corrected chi connectivity index (χ3v) is 4.02. The fourth-order valence-electron chi connectivity index (χ4n) is 2.99. The van der Waals surface area contributed by atoms with E-state index in [0.717, 1.165) is 37.0 Å². The van der Waals surface area contributed by atoms with Gasteiger partial charge in [-0.1, -0.05) is 30.3 Å². The number of aromatic hydroxyl groups is 1. The van der Waals surface area contributed by atoms with Crippen molar-refractivity contribution in [1.29, 1.82) is 0 Å². The molecule has 1 aliphatic rings. The molecule has 2 aromatic rings. The van der Waals surface area contributed by atoms with Gasteiger partial charge in [-0.05, 0) is 16.8 Å². The van der Waals surface area contributed by atoms with Crippen LogP contribution in [0.5, 0.6) is 5.75 Å². The molecule has 1 aliphatic heterocycles. The Morgan fingerprint density at radius 2 is 1.86 bits per heavy atom. The van der Waals surface area contributed by atoms with Gasteiger partial charge in [0.2, 0.25) is 0 Å². The molecule has 0 aromatic heterocycles. The normalized spacial score (nSPS) is 17.4. The van der Waals surface area contributed by atoms with Gasteiger partial charge in [0.05, 0.1) is 6.04 Å². The Morgan fingerprint density at radius 1 is 1.14 bits per heavy atom. The van der Waals surface area contributed by atoms with E-state index < -0.39 is 6.67 Å². The number of nitrogens with one attached hydrogen (secondary N) is 1. The molecule has 21 heavy (non-hydrogen) atoms. The summed E-state index contributed by atoms with van der Waals surface area (Å²) in [5, 5.41) is 15.5. The van der Waals surface area contributed by atoms with Crippen LogP contribution in [0.25, 0.3) is 10.8 Å². The maximum Gasteiger partial charge on any atom is 0.121 e. The molecule has 3 rings (SSSR count). The highest BCUT2D eigenvalue weighted by Gasteiger charge is 2.26. The highest BCUT2D eigenvalue weighted by molar-refractivity contribution is 5.88. The number of benzene rings is 2. The summed E-state index contributed by atoms with van der Waals surface area (Å²) in [6.45, 7) is 2.85. The molecule has 1 heterocycles. The highest BCUT2D eigenvalue weighted by Crippen LogP contribution is 2.35. The van der Waals surface area contributed by atoms with Gasteiger partial charge >= 0.3 is 0 Å². The van der Waals surface area contributed by atoms with Crippen molar-refractivity contribution in [2.24, 2.45) is 0 Å². The number of hydrogen-bond acceptors (Lipinski definition) is 3. The van der Waals surface area contributed by atoms with Crippen LogP contribution in [0.4, 0.5) is 4.39 Å². The Hall–Kier alpha value is -1.36. The van der Waals surface area contributed by atoms with Gasteiger partial charge in [-0.3, -0.25) is 4.90 Å². The van der Waals surface area contributed by atoms with Gasteiger partial charge in [-0.25, -0.2) is 4.39 Å². The molecule has 0 radical (unpaired) electrons. The summed E-state index contributed by atoms with van der Waals surface area (Å²) in [5.74, 6) is 0.185. The number of hydrogen-bond donors (Lipinski definition) is 2. The Morgan fingerprint density at radius 3 is 2.57 bits per heavy atom. The molecule has 1 saturated heterocycles. The van der Waals surface area contributed by atoms with Gasteiger partial charge in [0.1, 0.15) is 12.4 Å². The molecule has 0 aliphatic carbocycles. The predicted octanol–water partition coefficient (Wildman–Crippen LogP) is 2.88. The SMILES string of the molecule is Cl.Oc1ccc2ccccc2c1[C@@H](CF)N1CCNCC1. The van der Waals surface area contributed by atoms with Crippen LogP contribution in [0.2, 0.25) is 0 Å². The number of phenols is 1. The fourth-order valence-corrected chi connectivity index (χ4v) is 2.99. The molecule has 2 aromatic carbocycles. The van der Waals surface area contributed by atoms with E-state index >= 15 is 0 Å². The third kappa shape index (κ3) is 3.12. The molecule has 3 nitrogen and oxygen atoms in total. The van der Waals surface area contributed by atoms with Crippen LogP contribution in [-0.2, 0) is 0 Å². The number of fused-ring (bicyclic) bond motifs is 1. The van der Waals surface area contributed by atoms with E-state index in [-0.39, 0.29) is 24.2 Å². The maximum atomic E-state index is 13.7. The van der Waals surface area contributed by atoms with Crippen LogP contribution in [0, 0.1) is 0 Å². The van der Waals surface area contributed by atoms with Gasteiger partial charge in [0, 0.05) is 31.7 Å². The molecule has 2 N–H and O–H groups in total. The zero-order chi connectivity index (χ0) is 13.9. The summed E-state index contributed by atoms with van der Waals surface area (Å²) in [6.07, 6.45) is 0. The molecular weight excluding hydrogens is 291 g/mol. The van der Waals surface area contributed by atoms with E-state index in [2.05, 4.69) is 10.2 Å².